The molecule has 0 saturated heterocycles. The molecule has 1 amide bonds. The van der Waals surface area contributed by atoms with E-state index < -0.39 is 17.5 Å². The van der Waals surface area contributed by atoms with Crippen LogP contribution in [0, 0.1) is 11.6 Å². The summed E-state index contributed by atoms with van der Waals surface area (Å²) in [6.45, 7) is 1.82. The normalized spacial score (nSPS) is 12.3. The minimum absolute atomic E-state index is 0.0837. The van der Waals surface area contributed by atoms with E-state index in [-0.39, 0.29) is 11.6 Å². The fraction of sp³-hybridized carbons (Fsp3) is 0.167. The van der Waals surface area contributed by atoms with Crippen molar-refractivity contribution in [3.05, 3.63) is 71.5 Å². The lowest BCUT2D eigenvalue weighted by Gasteiger charge is -2.12. The molecular weight excluding hydrogens is 300 g/mol. The molecule has 1 heterocycles. The van der Waals surface area contributed by atoms with Gasteiger partial charge in [0, 0.05) is 23.4 Å². The van der Waals surface area contributed by atoms with Crippen LogP contribution in [0.1, 0.15) is 23.0 Å². The van der Waals surface area contributed by atoms with Crippen molar-refractivity contribution in [3.63, 3.8) is 0 Å². The van der Waals surface area contributed by atoms with Crippen LogP contribution in [0.5, 0.6) is 0 Å². The maximum Gasteiger partial charge on any atom is 0.251 e. The maximum atomic E-state index is 13.2. The fourth-order valence-electron chi connectivity index (χ4n) is 2.43. The molecule has 0 aliphatic carbocycles. The van der Waals surface area contributed by atoms with E-state index in [1.54, 1.807) is 0 Å². The second-order valence-electron chi connectivity index (χ2n) is 5.46. The zero-order valence-corrected chi connectivity index (χ0v) is 12.5. The SMILES string of the molecule is C[C@@H](Cc1cc2ccccc2o1)NC(=O)c1ccc(F)c(F)c1. The Labute approximate surface area is 131 Å². The van der Waals surface area contributed by atoms with Crippen molar-refractivity contribution in [2.24, 2.45) is 0 Å². The van der Waals surface area contributed by atoms with Crippen LogP contribution in [0.25, 0.3) is 11.0 Å². The van der Waals surface area contributed by atoms with E-state index in [1.807, 2.05) is 37.3 Å². The number of furan rings is 1. The van der Waals surface area contributed by atoms with Crippen molar-refractivity contribution in [1.82, 2.24) is 5.32 Å². The molecule has 0 aliphatic heterocycles. The Morgan fingerprint density at radius 3 is 2.65 bits per heavy atom. The van der Waals surface area contributed by atoms with Crippen molar-refractivity contribution in [2.75, 3.05) is 0 Å². The highest BCUT2D eigenvalue weighted by molar-refractivity contribution is 5.94. The first-order valence-corrected chi connectivity index (χ1v) is 7.26. The highest BCUT2D eigenvalue weighted by atomic mass is 19.2. The predicted molar refractivity (Wildman–Crippen MR) is 83.2 cm³/mol. The molecule has 0 saturated carbocycles. The van der Waals surface area contributed by atoms with E-state index in [4.69, 9.17) is 4.42 Å². The Hall–Kier alpha value is -2.69. The van der Waals surface area contributed by atoms with Gasteiger partial charge in [0.1, 0.15) is 11.3 Å². The number of amides is 1. The standard InChI is InChI=1S/C18H15F2NO2/c1-11(8-14-9-12-4-2-3-5-17(12)23-14)21-18(22)13-6-7-15(19)16(20)10-13/h2-7,9-11H,8H2,1H3,(H,21,22)/t11-/m0/s1. The summed E-state index contributed by atoms with van der Waals surface area (Å²) in [4.78, 5) is 12.1. The van der Waals surface area contributed by atoms with Crippen molar-refractivity contribution in [2.45, 2.75) is 19.4 Å². The van der Waals surface area contributed by atoms with Crippen LogP contribution in [0.2, 0.25) is 0 Å². The number of hydrogen-bond donors (Lipinski definition) is 1. The quantitative estimate of drug-likeness (QED) is 0.788. The van der Waals surface area contributed by atoms with E-state index in [2.05, 4.69) is 5.32 Å². The van der Waals surface area contributed by atoms with E-state index >= 15 is 0 Å². The van der Waals surface area contributed by atoms with Gasteiger partial charge in [-0.25, -0.2) is 8.78 Å². The maximum absolute atomic E-state index is 13.2. The summed E-state index contributed by atoms with van der Waals surface area (Å²) >= 11 is 0. The van der Waals surface area contributed by atoms with Crippen LogP contribution in [-0.4, -0.2) is 11.9 Å². The third kappa shape index (κ3) is 3.39. The number of carbonyl (C=O) groups excluding carboxylic acids is 1. The number of para-hydroxylation sites is 1. The molecule has 2 aromatic carbocycles. The van der Waals surface area contributed by atoms with Gasteiger partial charge in [0.05, 0.1) is 0 Å². The second-order valence-corrected chi connectivity index (χ2v) is 5.46. The molecule has 0 bridgehead atoms. The van der Waals surface area contributed by atoms with Gasteiger partial charge in [-0.1, -0.05) is 18.2 Å². The molecule has 118 valence electrons. The Bertz CT molecular complexity index is 824. The molecule has 3 rings (SSSR count). The van der Waals surface area contributed by atoms with Crippen LogP contribution < -0.4 is 5.32 Å². The predicted octanol–water partition coefficient (Wildman–Crippen LogP) is 4.07. The van der Waals surface area contributed by atoms with Gasteiger partial charge in [0.25, 0.3) is 5.91 Å². The summed E-state index contributed by atoms with van der Waals surface area (Å²) in [6.07, 6.45) is 0.504. The van der Waals surface area contributed by atoms with E-state index in [0.717, 1.165) is 28.9 Å². The summed E-state index contributed by atoms with van der Waals surface area (Å²) in [5, 5.41) is 3.75. The second kappa shape index (κ2) is 6.20. The molecule has 3 aromatic rings. The molecule has 23 heavy (non-hydrogen) atoms. The van der Waals surface area contributed by atoms with Gasteiger partial charge in [-0.3, -0.25) is 4.79 Å². The van der Waals surface area contributed by atoms with Crippen LogP contribution in [0.3, 0.4) is 0 Å². The third-order valence-corrected chi connectivity index (χ3v) is 3.54. The van der Waals surface area contributed by atoms with Gasteiger partial charge in [-0.05, 0) is 37.3 Å². The molecule has 0 aliphatic rings. The van der Waals surface area contributed by atoms with Crippen LogP contribution in [-0.2, 0) is 6.42 Å². The number of carbonyl (C=O) groups is 1. The third-order valence-electron chi connectivity index (χ3n) is 3.54. The van der Waals surface area contributed by atoms with Gasteiger partial charge in [-0.2, -0.15) is 0 Å². The summed E-state index contributed by atoms with van der Waals surface area (Å²) in [5.41, 5.74) is 0.877. The summed E-state index contributed by atoms with van der Waals surface area (Å²) < 4.78 is 31.8. The lowest BCUT2D eigenvalue weighted by Crippen LogP contribution is -2.34. The monoisotopic (exact) mass is 315 g/mol. The molecule has 0 fully saturated rings. The minimum Gasteiger partial charge on any atom is -0.461 e. The average Bonchev–Trinajstić information content (AvgIpc) is 2.91. The van der Waals surface area contributed by atoms with Crippen molar-refractivity contribution < 1.29 is 18.0 Å². The number of nitrogens with one attached hydrogen (secondary N) is 1. The molecule has 0 unspecified atom stereocenters. The van der Waals surface area contributed by atoms with E-state index in [1.165, 1.54) is 6.07 Å². The average molecular weight is 315 g/mol. The molecular formula is C18H15F2NO2. The lowest BCUT2D eigenvalue weighted by molar-refractivity contribution is 0.0939. The first-order chi connectivity index (χ1) is 11.0. The van der Waals surface area contributed by atoms with Crippen molar-refractivity contribution in [3.8, 4) is 0 Å². The number of rotatable bonds is 4. The Kier molecular flexibility index (Phi) is 4.10. The topological polar surface area (TPSA) is 42.2 Å². The highest BCUT2D eigenvalue weighted by Crippen LogP contribution is 2.20. The zero-order chi connectivity index (χ0) is 16.4. The van der Waals surface area contributed by atoms with E-state index in [0.29, 0.717) is 6.42 Å². The fourth-order valence-corrected chi connectivity index (χ4v) is 2.43. The van der Waals surface area contributed by atoms with Crippen LogP contribution in [0.4, 0.5) is 8.78 Å². The first-order valence-electron chi connectivity index (χ1n) is 7.26. The molecule has 1 atom stereocenters. The van der Waals surface area contributed by atoms with Crippen LogP contribution >= 0.6 is 0 Å². The molecule has 3 nitrogen and oxygen atoms in total. The number of hydrogen-bond acceptors (Lipinski definition) is 2. The minimum atomic E-state index is -1.04. The van der Waals surface area contributed by atoms with Gasteiger partial charge >= 0.3 is 0 Å². The van der Waals surface area contributed by atoms with Crippen molar-refractivity contribution >= 4 is 16.9 Å². The number of halogens is 2. The van der Waals surface area contributed by atoms with Gasteiger partial charge < -0.3 is 9.73 Å². The van der Waals surface area contributed by atoms with Crippen molar-refractivity contribution in [1.29, 1.82) is 0 Å². The molecule has 0 spiro atoms. The van der Waals surface area contributed by atoms with Gasteiger partial charge in [0.15, 0.2) is 11.6 Å². The number of benzene rings is 2. The summed E-state index contributed by atoms with van der Waals surface area (Å²) in [6, 6.07) is 12.4. The molecule has 5 heteroatoms. The van der Waals surface area contributed by atoms with E-state index in [9.17, 15) is 13.6 Å². The smallest absolute Gasteiger partial charge is 0.251 e. The lowest BCUT2D eigenvalue weighted by atomic mass is 10.1. The number of fused-ring (bicyclic) bond motifs is 1. The van der Waals surface area contributed by atoms with Gasteiger partial charge in [-0.15, -0.1) is 0 Å². The Morgan fingerprint density at radius 1 is 1.13 bits per heavy atom. The molecule has 0 radical (unpaired) electrons. The molecule has 1 N–H and O–H groups in total. The molecule has 1 aromatic heterocycles. The zero-order valence-electron chi connectivity index (χ0n) is 12.5. The highest BCUT2D eigenvalue weighted by Gasteiger charge is 2.14. The summed E-state index contributed by atoms with van der Waals surface area (Å²) in [5.74, 6) is -1.71. The summed E-state index contributed by atoms with van der Waals surface area (Å²) in [7, 11) is 0. The van der Waals surface area contributed by atoms with Gasteiger partial charge in [0.2, 0.25) is 0 Å². The van der Waals surface area contributed by atoms with Crippen LogP contribution in [0.15, 0.2) is 52.9 Å². The largest absolute Gasteiger partial charge is 0.461 e. The Morgan fingerprint density at radius 2 is 1.91 bits per heavy atom. The first kappa shape index (κ1) is 15.2. The Balaban J connectivity index is 1.67.